The van der Waals surface area contributed by atoms with Crippen molar-refractivity contribution < 1.29 is 14.6 Å². The topological polar surface area (TPSA) is 72.5 Å². The molecule has 100 valence electrons. The average Bonchev–Trinajstić information content (AvgIpc) is 2.26. The molecule has 2 atom stereocenters. The lowest BCUT2D eigenvalue weighted by molar-refractivity contribution is -0.160. The Morgan fingerprint density at radius 1 is 1.28 bits per heavy atom. The Kier molecular flexibility index (Phi) is 4.35. The third kappa shape index (κ3) is 4.04. The number of benzene rings is 1. The summed E-state index contributed by atoms with van der Waals surface area (Å²) in [5.74, 6) is -0.576. The van der Waals surface area contributed by atoms with Crippen molar-refractivity contribution in [2.24, 2.45) is 11.7 Å². The van der Waals surface area contributed by atoms with Gasteiger partial charge in [0.1, 0.15) is 11.4 Å². The summed E-state index contributed by atoms with van der Waals surface area (Å²) in [5, 5.41) is 9.21. The van der Waals surface area contributed by atoms with E-state index in [9.17, 15) is 9.90 Å². The van der Waals surface area contributed by atoms with Gasteiger partial charge in [-0.05, 0) is 38.5 Å². The Labute approximate surface area is 108 Å². The van der Waals surface area contributed by atoms with Crippen molar-refractivity contribution in [1.29, 1.82) is 0 Å². The van der Waals surface area contributed by atoms with Crippen LogP contribution in [0.2, 0.25) is 0 Å². The first-order chi connectivity index (χ1) is 8.20. The SMILES string of the molecule is CC(C(=O)OC(C)(C)C)C(N)c1ccc(O)cc1. The Bertz CT molecular complexity index is 406. The van der Waals surface area contributed by atoms with Gasteiger partial charge < -0.3 is 15.6 Å². The van der Waals surface area contributed by atoms with Crippen LogP contribution in [0.5, 0.6) is 5.75 Å². The van der Waals surface area contributed by atoms with Crippen molar-refractivity contribution in [1.82, 2.24) is 0 Å². The van der Waals surface area contributed by atoms with Crippen molar-refractivity contribution in [3.8, 4) is 5.75 Å². The summed E-state index contributed by atoms with van der Waals surface area (Å²) in [6.07, 6.45) is 0. The maximum absolute atomic E-state index is 11.9. The fourth-order valence-corrected chi connectivity index (χ4v) is 1.53. The molecule has 3 N–H and O–H groups in total. The van der Waals surface area contributed by atoms with Crippen LogP contribution in [0, 0.1) is 5.92 Å². The van der Waals surface area contributed by atoms with Gasteiger partial charge in [0.05, 0.1) is 5.92 Å². The molecule has 0 aliphatic rings. The molecule has 0 spiro atoms. The van der Waals surface area contributed by atoms with Gasteiger partial charge in [-0.1, -0.05) is 19.1 Å². The molecular weight excluding hydrogens is 230 g/mol. The number of hydrogen-bond acceptors (Lipinski definition) is 4. The van der Waals surface area contributed by atoms with Gasteiger partial charge in [0, 0.05) is 6.04 Å². The lowest BCUT2D eigenvalue weighted by atomic mass is 9.95. The number of carbonyl (C=O) groups excluding carboxylic acids is 1. The van der Waals surface area contributed by atoms with Crippen LogP contribution in [0.25, 0.3) is 0 Å². The molecule has 18 heavy (non-hydrogen) atoms. The molecule has 0 aliphatic carbocycles. The van der Waals surface area contributed by atoms with E-state index in [0.29, 0.717) is 0 Å². The Hall–Kier alpha value is -1.55. The van der Waals surface area contributed by atoms with E-state index in [1.807, 2.05) is 20.8 Å². The fraction of sp³-hybridized carbons (Fsp3) is 0.500. The van der Waals surface area contributed by atoms with E-state index in [0.717, 1.165) is 5.56 Å². The number of carbonyl (C=O) groups is 1. The first-order valence-electron chi connectivity index (χ1n) is 5.98. The quantitative estimate of drug-likeness (QED) is 0.809. The van der Waals surface area contributed by atoms with E-state index in [-0.39, 0.29) is 11.7 Å². The van der Waals surface area contributed by atoms with Gasteiger partial charge >= 0.3 is 5.97 Å². The largest absolute Gasteiger partial charge is 0.508 e. The van der Waals surface area contributed by atoms with Crippen LogP contribution < -0.4 is 5.73 Å². The molecule has 0 aliphatic heterocycles. The highest BCUT2D eigenvalue weighted by molar-refractivity contribution is 5.73. The third-order valence-electron chi connectivity index (χ3n) is 2.60. The molecule has 0 saturated heterocycles. The molecule has 1 aromatic rings. The standard InChI is InChI=1S/C14H21NO3/c1-9(13(17)18-14(2,3)4)12(15)10-5-7-11(16)8-6-10/h5-9,12,16H,15H2,1-4H3. The lowest BCUT2D eigenvalue weighted by Crippen LogP contribution is -2.33. The summed E-state index contributed by atoms with van der Waals surface area (Å²) in [4.78, 5) is 11.9. The predicted molar refractivity (Wildman–Crippen MR) is 70.0 cm³/mol. The van der Waals surface area contributed by atoms with E-state index < -0.39 is 17.6 Å². The summed E-state index contributed by atoms with van der Waals surface area (Å²) in [6, 6.07) is 6.08. The minimum atomic E-state index is -0.514. The molecule has 0 radical (unpaired) electrons. The first-order valence-corrected chi connectivity index (χ1v) is 5.98. The van der Waals surface area contributed by atoms with E-state index in [4.69, 9.17) is 10.5 Å². The third-order valence-corrected chi connectivity index (χ3v) is 2.60. The Morgan fingerprint density at radius 2 is 1.78 bits per heavy atom. The van der Waals surface area contributed by atoms with Crippen molar-refractivity contribution in [3.05, 3.63) is 29.8 Å². The van der Waals surface area contributed by atoms with Crippen molar-refractivity contribution in [3.63, 3.8) is 0 Å². The maximum atomic E-state index is 11.9. The number of phenolic OH excluding ortho intramolecular Hbond substituents is 1. The predicted octanol–water partition coefficient (Wildman–Crippen LogP) is 2.37. The van der Waals surface area contributed by atoms with E-state index in [1.54, 1.807) is 31.2 Å². The first kappa shape index (κ1) is 14.5. The van der Waals surface area contributed by atoms with Crippen LogP contribution in [-0.2, 0) is 9.53 Å². The number of rotatable bonds is 3. The molecule has 0 aromatic heterocycles. The van der Waals surface area contributed by atoms with Gasteiger partial charge in [-0.3, -0.25) is 4.79 Å². The van der Waals surface area contributed by atoms with Crippen molar-refractivity contribution >= 4 is 5.97 Å². The lowest BCUT2D eigenvalue weighted by Gasteiger charge is -2.25. The molecular formula is C14H21NO3. The van der Waals surface area contributed by atoms with Crippen LogP contribution in [-0.4, -0.2) is 16.7 Å². The monoisotopic (exact) mass is 251 g/mol. The number of nitrogens with two attached hydrogens (primary N) is 1. The van der Waals surface area contributed by atoms with E-state index in [1.165, 1.54) is 0 Å². The molecule has 1 rings (SSSR count). The van der Waals surface area contributed by atoms with Crippen LogP contribution in [0.4, 0.5) is 0 Å². The molecule has 0 fully saturated rings. The highest BCUT2D eigenvalue weighted by Gasteiger charge is 2.27. The second-order valence-corrected chi connectivity index (χ2v) is 5.44. The highest BCUT2D eigenvalue weighted by Crippen LogP contribution is 2.24. The Morgan fingerprint density at radius 3 is 2.22 bits per heavy atom. The van der Waals surface area contributed by atoms with Gasteiger partial charge in [0.2, 0.25) is 0 Å². The molecule has 4 nitrogen and oxygen atoms in total. The molecule has 0 saturated carbocycles. The van der Waals surface area contributed by atoms with Gasteiger partial charge in [-0.15, -0.1) is 0 Å². The number of hydrogen-bond donors (Lipinski definition) is 2. The zero-order valence-corrected chi connectivity index (χ0v) is 11.3. The maximum Gasteiger partial charge on any atom is 0.311 e. The zero-order chi connectivity index (χ0) is 13.9. The zero-order valence-electron chi connectivity index (χ0n) is 11.3. The van der Waals surface area contributed by atoms with E-state index in [2.05, 4.69) is 0 Å². The van der Waals surface area contributed by atoms with Crippen molar-refractivity contribution in [2.75, 3.05) is 0 Å². The van der Waals surface area contributed by atoms with Gasteiger partial charge in [0.25, 0.3) is 0 Å². The van der Waals surface area contributed by atoms with Gasteiger partial charge in [-0.25, -0.2) is 0 Å². The molecule has 4 heteroatoms. The van der Waals surface area contributed by atoms with Gasteiger partial charge in [-0.2, -0.15) is 0 Å². The van der Waals surface area contributed by atoms with E-state index >= 15 is 0 Å². The molecule has 2 unspecified atom stereocenters. The number of ether oxygens (including phenoxy) is 1. The Balaban J connectivity index is 2.74. The number of phenols is 1. The fourth-order valence-electron chi connectivity index (χ4n) is 1.53. The molecule has 0 bridgehead atoms. The second-order valence-electron chi connectivity index (χ2n) is 5.44. The summed E-state index contributed by atoms with van der Waals surface area (Å²) < 4.78 is 5.30. The van der Waals surface area contributed by atoms with Crippen LogP contribution in [0.1, 0.15) is 39.3 Å². The normalized spacial score (nSPS) is 14.9. The summed E-state index contributed by atoms with van der Waals surface area (Å²) in [7, 11) is 0. The molecule has 1 aromatic carbocycles. The van der Waals surface area contributed by atoms with Crippen molar-refractivity contribution in [2.45, 2.75) is 39.3 Å². The summed E-state index contributed by atoms with van der Waals surface area (Å²) in [6.45, 7) is 7.21. The van der Waals surface area contributed by atoms with Crippen LogP contribution in [0.3, 0.4) is 0 Å². The smallest absolute Gasteiger partial charge is 0.311 e. The van der Waals surface area contributed by atoms with Crippen LogP contribution >= 0.6 is 0 Å². The molecule has 0 amide bonds. The number of aromatic hydroxyl groups is 1. The highest BCUT2D eigenvalue weighted by atomic mass is 16.6. The molecule has 0 heterocycles. The van der Waals surface area contributed by atoms with Gasteiger partial charge in [0.15, 0.2) is 0 Å². The summed E-state index contributed by atoms with van der Waals surface area (Å²) >= 11 is 0. The van der Waals surface area contributed by atoms with Crippen LogP contribution in [0.15, 0.2) is 24.3 Å². The minimum absolute atomic E-state index is 0.177. The summed E-state index contributed by atoms with van der Waals surface area (Å²) in [5.41, 5.74) is 6.31. The average molecular weight is 251 g/mol. The number of esters is 1. The second kappa shape index (κ2) is 5.40. The minimum Gasteiger partial charge on any atom is -0.508 e.